The Bertz CT molecular complexity index is 1380. The highest BCUT2D eigenvalue weighted by Gasteiger charge is 2.35. The Labute approximate surface area is 233 Å². The highest BCUT2D eigenvalue weighted by molar-refractivity contribution is 7.89. The van der Waals surface area contributed by atoms with Crippen LogP contribution in [0.15, 0.2) is 41.3 Å². The van der Waals surface area contributed by atoms with Crippen LogP contribution < -0.4 is 14.4 Å². The monoisotopic (exact) mass is 574 g/mol. The van der Waals surface area contributed by atoms with Gasteiger partial charge in [0.05, 0.1) is 32.3 Å². The molecule has 1 amide bonds. The van der Waals surface area contributed by atoms with Crippen molar-refractivity contribution in [1.29, 1.82) is 0 Å². The molecule has 0 N–H and O–H groups in total. The molecule has 2 aromatic carbocycles. The van der Waals surface area contributed by atoms with Gasteiger partial charge in [0.2, 0.25) is 10.0 Å². The number of thiazole rings is 1. The second kappa shape index (κ2) is 11.8. The fourth-order valence-electron chi connectivity index (χ4n) is 4.68. The number of anilines is 1. The molecule has 10 nitrogen and oxygen atoms in total. The summed E-state index contributed by atoms with van der Waals surface area (Å²) in [6.45, 7) is 4.44. The largest absolute Gasteiger partial charge is 0.495 e. The maximum atomic E-state index is 13.9. The second-order valence-electron chi connectivity index (χ2n) is 9.69. The van der Waals surface area contributed by atoms with E-state index in [0.29, 0.717) is 47.5 Å². The van der Waals surface area contributed by atoms with E-state index in [1.54, 1.807) is 44.4 Å². The predicted molar refractivity (Wildman–Crippen MR) is 151 cm³/mol. The smallest absolute Gasteiger partial charge is 0.260 e. The lowest BCUT2D eigenvalue weighted by atomic mass is 10.2. The van der Waals surface area contributed by atoms with Gasteiger partial charge < -0.3 is 14.2 Å². The number of hydrogen-bond acceptors (Lipinski definition) is 9. The quantitative estimate of drug-likeness (QED) is 0.343. The molecule has 0 spiro atoms. The first-order valence-electron chi connectivity index (χ1n) is 13.0. The highest BCUT2D eigenvalue weighted by Crippen LogP contribution is 2.40. The zero-order chi connectivity index (χ0) is 27.6. The van der Waals surface area contributed by atoms with Gasteiger partial charge in [-0.05, 0) is 55.7 Å². The number of methoxy groups -OCH3 is 2. The van der Waals surface area contributed by atoms with Crippen molar-refractivity contribution >= 4 is 42.6 Å². The second-order valence-corrected chi connectivity index (χ2v) is 12.7. The standard InChI is InChI=1S/C27H34N4O6S2/c1-29(20-7-8-20)39(33,34)21-9-5-19(6-10-21)26(32)31(14-4-13-30-15-17-37-18-16-30)27-28-24-22(35-2)11-12-23(36-3)25(24)38-27/h5-6,9-12,20H,4,7-8,13-18H2,1-3H3. The van der Waals surface area contributed by atoms with Gasteiger partial charge >= 0.3 is 0 Å². The summed E-state index contributed by atoms with van der Waals surface area (Å²) in [5, 5.41) is 0.532. The van der Waals surface area contributed by atoms with Crippen molar-refractivity contribution < 1.29 is 27.4 Å². The number of rotatable bonds is 11. The zero-order valence-corrected chi connectivity index (χ0v) is 24.1. The van der Waals surface area contributed by atoms with Crippen molar-refractivity contribution in [3.63, 3.8) is 0 Å². The number of benzene rings is 2. The van der Waals surface area contributed by atoms with E-state index >= 15 is 0 Å². The highest BCUT2D eigenvalue weighted by atomic mass is 32.2. The van der Waals surface area contributed by atoms with E-state index in [2.05, 4.69) is 4.90 Å². The van der Waals surface area contributed by atoms with Gasteiger partial charge in [-0.25, -0.2) is 13.4 Å². The molecular weight excluding hydrogens is 540 g/mol. The SMILES string of the molecule is COc1ccc(OC)c2sc(N(CCCN3CCOCC3)C(=O)c3ccc(S(=O)(=O)N(C)C4CC4)cc3)nc12. The summed E-state index contributed by atoms with van der Waals surface area (Å²) in [5.41, 5.74) is 1.03. The Balaban J connectivity index is 1.43. The molecule has 0 bridgehead atoms. The molecular formula is C27H34N4O6S2. The number of fused-ring (bicyclic) bond motifs is 1. The molecule has 0 atom stereocenters. The van der Waals surface area contributed by atoms with Crippen LogP contribution in [0.4, 0.5) is 5.13 Å². The van der Waals surface area contributed by atoms with Crippen molar-refractivity contribution in [3.8, 4) is 11.5 Å². The summed E-state index contributed by atoms with van der Waals surface area (Å²) in [4.78, 5) is 22.8. The molecule has 1 aliphatic carbocycles. The molecule has 3 aromatic rings. The Hall–Kier alpha value is -2.77. The van der Waals surface area contributed by atoms with E-state index < -0.39 is 10.0 Å². The van der Waals surface area contributed by atoms with Crippen LogP contribution in [0.25, 0.3) is 10.2 Å². The Morgan fingerprint density at radius 3 is 2.38 bits per heavy atom. The number of ether oxygens (including phenoxy) is 3. The van der Waals surface area contributed by atoms with Gasteiger partial charge in [0, 0.05) is 44.8 Å². The van der Waals surface area contributed by atoms with Gasteiger partial charge in [0.1, 0.15) is 21.7 Å². The van der Waals surface area contributed by atoms with Crippen molar-refractivity contribution in [2.24, 2.45) is 0 Å². The summed E-state index contributed by atoms with van der Waals surface area (Å²) >= 11 is 1.37. The molecule has 1 saturated heterocycles. The fraction of sp³-hybridized carbons (Fsp3) is 0.481. The van der Waals surface area contributed by atoms with Gasteiger partial charge in [-0.15, -0.1) is 0 Å². The van der Waals surface area contributed by atoms with Gasteiger partial charge in [-0.1, -0.05) is 11.3 Å². The average Bonchev–Trinajstić information content (AvgIpc) is 3.72. The first-order chi connectivity index (χ1) is 18.8. The van der Waals surface area contributed by atoms with Gasteiger partial charge in [-0.3, -0.25) is 14.6 Å². The lowest BCUT2D eigenvalue weighted by molar-refractivity contribution is 0.0376. The molecule has 2 fully saturated rings. The first-order valence-corrected chi connectivity index (χ1v) is 15.3. The molecule has 1 aliphatic heterocycles. The van der Waals surface area contributed by atoms with Crippen LogP contribution >= 0.6 is 11.3 Å². The number of sulfonamides is 1. The molecule has 2 heterocycles. The van der Waals surface area contributed by atoms with Gasteiger partial charge in [-0.2, -0.15) is 4.31 Å². The van der Waals surface area contributed by atoms with Crippen LogP contribution in [-0.4, -0.2) is 95.2 Å². The van der Waals surface area contributed by atoms with E-state index in [1.165, 1.54) is 27.8 Å². The fourth-order valence-corrected chi connectivity index (χ4v) is 7.19. The van der Waals surface area contributed by atoms with Crippen molar-refractivity contribution in [2.45, 2.75) is 30.2 Å². The van der Waals surface area contributed by atoms with Crippen LogP contribution in [0.5, 0.6) is 11.5 Å². The molecule has 12 heteroatoms. The van der Waals surface area contributed by atoms with Crippen LogP contribution in [0.2, 0.25) is 0 Å². The first kappa shape index (κ1) is 27.8. The number of amides is 1. The number of morpholine rings is 1. The number of carbonyl (C=O) groups is 1. The number of nitrogens with zero attached hydrogens (tertiary/aromatic N) is 4. The normalized spacial score (nSPS) is 16.5. The molecule has 210 valence electrons. The van der Waals surface area contributed by atoms with E-state index in [-0.39, 0.29) is 16.8 Å². The summed E-state index contributed by atoms with van der Waals surface area (Å²) in [6.07, 6.45) is 2.50. The van der Waals surface area contributed by atoms with Crippen molar-refractivity contribution in [3.05, 3.63) is 42.0 Å². The molecule has 5 rings (SSSR count). The third-order valence-electron chi connectivity index (χ3n) is 7.17. The lowest BCUT2D eigenvalue weighted by Crippen LogP contribution is -2.39. The van der Waals surface area contributed by atoms with E-state index in [0.717, 1.165) is 43.6 Å². The van der Waals surface area contributed by atoms with Gasteiger partial charge in [0.25, 0.3) is 5.91 Å². The number of hydrogen-bond donors (Lipinski definition) is 0. The third-order valence-corrected chi connectivity index (χ3v) is 10.2. The lowest BCUT2D eigenvalue weighted by Gasteiger charge is -2.27. The van der Waals surface area contributed by atoms with Crippen LogP contribution in [0.3, 0.4) is 0 Å². The summed E-state index contributed by atoms with van der Waals surface area (Å²) in [6, 6.07) is 9.87. The minimum absolute atomic E-state index is 0.0614. The van der Waals surface area contributed by atoms with Crippen molar-refractivity contribution in [1.82, 2.24) is 14.2 Å². The Kier molecular flexibility index (Phi) is 8.38. The number of aromatic nitrogens is 1. The van der Waals surface area contributed by atoms with Crippen LogP contribution in [0, 0.1) is 0 Å². The Morgan fingerprint density at radius 1 is 1.08 bits per heavy atom. The molecule has 2 aliphatic rings. The maximum absolute atomic E-state index is 13.9. The van der Waals surface area contributed by atoms with E-state index in [1.807, 2.05) is 6.07 Å². The predicted octanol–water partition coefficient (Wildman–Crippen LogP) is 3.47. The van der Waals surface area contributed by atoms with Crippen LogP contribution in [0.1, 0.15) is 29.6 Å². The topological polar surface area (TPSA) is 102 Å². The summed E-state index contributed by atoms with van der Waals surface area (Å²) in [5.74, 6) is 1.02. The third kappa shape index (κ3) is 5.90. The van der Waals surface area contributed by atoms with Gasteiger partial charge in [0.15, 0.2) is 5.13 Å². The summed E-state index contributed by atoms with van der Waals surface area (Å²) < 4.78 is 44.6. The van der Waals surface area contributed by atoms with E-state index in [9.17, 15) is 13.2 Å². The minimum Gasteiger partial charge on any atom is -0.495 e. The zero-order valence-electron chi connectivity index (χ0n) is 22.5. The molecule has 1 aromatic heterocycles. The molecule has 1 saturated carbocycles. The van der Waals surface area contributed by atoms with Crippen LogP contribution in [-0.2, 0) is 14.8 Å². The average molecular weight is 575 g/mol. The molecule has 0 unspecified atom stereocenters. The van der Waals surface area contributed by atoms with Crippen molar-refractivity contribution in [2.75, 3.05) is 65.6 Å². The van der Waals surface area contributed by atoms with E-state index in [4.69, 9.17) is 19.2 Å². The summed E-state index contributed by atoms with van der Waals surface area (Å²) in [7, 11) is 1.20. The molecule has 39 heavy (non-hydrogen) atoms. The maximum Gasteiger partial charge on any atom is 0.260 e. The molecule has 0 radical (unpaired) electrons. The Morgan fingerprint density at radius 2 is 1.74 bits per heavy atom. The minimum atomic E-state index is -3.60. The number of carbonyl (C=O) groups excluding carboxylic acids is 1.